The van der Waals surface area contributed by atoms with E-state index in [-0.39, 0.29) is 18.1 Å². The molecule has 5 rings (SSSR count). The number of nitrogens with one attached hydrogen (secondary N) is 3. The molecule has 0 amide bonds. The molecule has 1 aliphatic heterocycles. The first-order valence-electron chi connectivity index (χ1n) is 11.2. The van der Waals surface area contributed by atoms with Crippen LogP contribution < -0.4 is 10.9 Å². The maximum absolute atomic E-state index is 12.8. The van der Waals surface area contributed by atoms with Gasteiger partial charge in [-0.25, -0.2) is 4.98 Å². The molecule has 0 saturated carbocycles. The van der Waals surface area contributed by atoms with Gasteiger partial charge in [0, 0.05) is 42.8 Å². The molecule has 0 aliphatic carbocycles. The molecule has 4 aromatic rings. The highest BCUT2D eigenvalue weighted by Gasteiger charge is 2.17. The minimum atomic E-state index is -0.289. The summed E-state index contributed by atoms with van der Waals surface area (Å²) in [7, 11) is 0. The van der Waals surface area contributed by atoms with Crippen molar-refractivity contribution in [2.45, 2.75) is 13.3 Å². The smallest absolute Gasteiger partial charge is 0.261 e. The molecule has 0 fully saturated rings. The molecule has 9 nitrogen and oxygen atoms in total. The Hall–Kier alpha value is -4.11. The maximum Gasteiger partial charge on any atom is 0.261 e. The largest absolute Gasteiger partial charge is 0.396 e. The standard InChI is InChI=1S/C25H25N7O2/c1-15-10-18(23-27-8-9-28-23)12-20-22(15)32-24(31-20)21-19(4-7-29-25(21)34)30-13-17(14-33)11-16-2-5-26-6-3-16/h2-7,10,12-13,17,33H,8-9,11,14H2,1H3,(H,27,28)(H,29,34)(H,31,32). The molecule has 1 aliphatic rings. The van der Waals surface area contributed by atoms with Gasteiger partial charge in [-0.05, 0) is 54.8 Å². The first-order chi connectivity index (χ1) is 16.6. The number of aromatic amines is 2. The Bertz CT molecular complexity index is 1440. The lowest BCUT2D eigenvalue weighted by molar-refractivity contribution is 0.263. The first-order valence-corrected chi connectivity index (χ1v) is 11.2. The molecule has 4 heterocycles. The van der Waals surface area contributed by atoms with Gasteiger partial charge in [0.15, 0.2) is 0 Å². The number of amidine groups is 1. The second-order valence-corrected chi connectivity index (χ2v) is 8.28. The van der Waals surface area contributed by atoms with E-state index in [1.54, 1.807) is 30.9 Å². The van der Waals surface area contributed by atoms with Crippen LogP contribution in [0.25, 0.3) is 22.4 Å². The highest BCUT2D eigenvalue weighted by atomic mass is 16.3. The van der Waals surface area contributed by atoms with Crippen molar-refractivity contribution >= 4 is 28.8 Å². The number of nitrogens with zero attached hydrogens (tertiary/aromatic N) is 4. The van der Waals surface area contributed by atoms with Crippen LogP contribution in [0.4, 0.5) is 5.69 Å². The number of aromatic nitrogens is 4. The van der Waals surface area contributed by atoms with Gasteiger partial charge in [0.25, 0.3) is 5.56 Å². The molecule has 0 radical (unpaired) electrons. The lowest BCUT2D eigenvalue weighted by Crippen LogP contribution is -2.19. The third-order valence-corrected chi connectivity index (χ3v) is 5.81. The fraction of sp³-hybridized carbons (Fsp3) is 0.240. The molecular formula is C25H25N7O2. The summed E-state index contributed by atoms with van der Waals surface area (Å²) in [4.78, 5) is 36.6. The Labute approximate surface area is 195 Å². The zero-order chi connectivity index (χ0) is 23.5. The van der Waals surface area contributed by atoms with Gasteiger partial charge in [-0.15, -0.1) is 0 Å². The Balaban J connectivity index is 1.50. The van der Waals surface area contributed by atoms with Gasteiger partial charge in [-0.2, -0.15) is 0 Å². The van der Waals surface area contributed by atoms with E-state index in [1.165, 1.54) is 0 Å². The fourth-order valence-electron chi connectivity index (χ4n) is 4.11. The Morgan fingerprint density at radius 1 is 1.24 bits per heavy atom. The van der Waals surface area contributed by atoms with Crippen LogP contribution in [0.15, 0.2) is 63.7 Å². The predicted octanol–water partition coefficient (Wildman–Crippen LogP) is 2.52. The van der Waals surface area contributed by atoms with E-state index in [0.29, 0.717) is 23.5 Å². The SMILES string of the molecule is Cc1cc(C2=NCCN2)cc2[nH]c(-c3c(N=CC(CO)Cc4ccncc4)cc[nH]c3=O)nc12. The summed E-state index contributed by atoms with van der Waals surface area (Å²) in [6.45, 7) is 3.52. The Morgan fingerprint density at radius 3 is 2.85 bits per heavy atom. The van der Waals surface area contributed by atoms with Crippen molar-refractivity contribution in [2.24, 2.45) is 15.9 Å². The zero-order valence-corrected chi connectivity index (χ0v) is 18.7. The number of hydrogen-bond donors (Lipinski definition) is 4. The zero-order valence-electron chi connectivity index (χ0n) is 18.7. The Kier molecular flexibility index (Phi) is 6.01. The number of aryl methyl sites for hydroxylation is 1. The second-order valence-electron chi connectivity index (χ2n) is 8.28. The van der Waals surface area contributed by atoms with E-state index in [2.05, 4.69) is 30.3 Å². The van der Waals surface area contributed by atoms with E-state index in [0.717, 1.165) is 46.6 Å². The fourth-order valence-corrected chi connectivity index (χ4v) is 4.11. The number of benzene rings is 1. The minimum absolute atomic E-state index is 0.0606. The number of H-pyrrole nitrogens is 2. The molecule has 0 saturated heterocycles. The van der Waals surface area contributed by atoms with Crippen LogP contribution in [0, 0.1) is 12.8 Å². The molecule has 1 unspecified atom stereocenters. The number of aliphatic hydroxyl groups is 1. The highest BCUT2D eigenvalue weighted by molar-refractivity contribution is 6.03. The van der Waals surface area contributed by atoms with Crippen LogP contribution in [0.2, 0.25) is 0 Å². The summed E-state index contributed by atoms with van der Waals surface area (Å²) >= 11 is 0. The lowest BCUT2D eigenvalue weighted by Gasteiger charge is -2.09. The van der Waals surface area contributed by atoms with Crippen LogP contribution in [0.3, 0.4) is 0 Å². The van der Waals surface area contributed by atoms with Crippen molar-refractivity contribution in [1.82, 2.24) is 25.3 Å². The number of fused-ring (bicyclic) bond motifs is 1. The van der Waals surface area contributed by atoms with Crippen molar-refractivity contribution < 1.29 is 5.11 Å². The molecule has 0 bridgehead atoms. The monoisotopic (exact) mass is 455 g/mol. The van der Waals surface area contributed by atoms with Crippen LogP contribution in [-0.2, 0) is 6.42 Å². The summed E-state index contributed by atoms with van der Waals surface area (Å²) < 4.78 is 0. The minimum Gasteiger partial charge on any atom is -0.396 e. The van der Waals surface area contributed by atoms with E-state index in [1.807, 2.05) is 31.2 Å². The molecule has 4 N–H and O–H groups in total. The third kappa shape index (κ3) is 4.38. The molecule has 1 atom stereocenters. The van der Waals surface area contributed by atoms with E-state index >= 15 is 0 Å². The quantitative estimate of drug-likeness (QED) is 0.318. The molecule has 172 valence electrons. The normalized spacial score (nSPS) is 14.5. The van der Waals surface area contributed by atoms with Gasteiger partial charge in [0.05, 0.1) is 29.9 Å². The predicted molar refractivity (Wildman–Crippen MR) is 133 cm³/mol. The summed E-state index contributed by atoms with van der Waals surface area (Å²) in [6, 6.07) is 9.59. The van der Waals surface area contributed by atoms with Gasteiger partial charge in [-0.3, -0.25) is 19.8 Å². The van der Waals surface area contributed by atoms with Crippen molar-refractivity contribution in [1.29, 1.82) is 0 Å². The van der Waals surface area contributed by atoms with Crippen molar-refractivity contribution in [3.63, 3.8) is 0 Å². The van der Waals surface area contributed by atoms with Gasteiger partial charge < -0.3 is 20.4 Å². The highest BCUT2D eigenvalue weighted by Crippen LogP contribution is 2.28. The van der Waals surface area contributed by atoms with Gasteiger partial charge in [0.2, 0.25) is 0 Å². The number of aliphatic hydroxyl groups excluding tert-OH is 1. The number of pyridine rings is 2. The molecule has 9 heteroatoms. The molecule has 3 aromatic heterocycles. The first kappa shape index (κ1) is 21.7. The van der Waals surface area contributed by atoms with Crippen LogP contribution in [0.5, 0.6) is 0 Å². The van der Waals surface area contributed by atoms with E-state index in [9.17, 15) is 9.90 Å². The maximum atomic E-state index is 12.8. The van der Waals surface area contributed by atoms with Crippen LogP contribution in [-0.4, -0.2) is 56.8 Å². The van der Waals surface area contributed by atoms with Crippen molar-refractivity contribution in [2.75, 3.05) is 19.7 Å². The summed E-state index contributed by atoms with van der Waals surface area (Å²) in [5, 5.41) is 13.1. The lowest BCUT2D eigenvalue weighted by atomic mass is 10.0. The number of imidazole rings is 1. The van der Waals surface area contributed by atoms with Gasteiger partial charge in [-0.1, -0.05) is 0 Å². The van der Waals surface area contributed by atoms with Gasteiger partial charge in [0.1, 0.15) is 17.2 Å². The Morgan fingerprint density at radius 2 is 2.09 bits per heavy atom. The summed E-state index contributed by atoms with van der Waals surface area (Å²) in [5.74, 6) is 1.11. The molecule has 0 spiro atoms. The average molecular weight is 456 g/mol. The van der Waals surface area contributed by atoms with E-state index in [4.69, 9.17) is 4.98 Å². The van der Waals surface area contributed by atoms with Gasteiger partial charge >= 0.3 is 0 Å². The van der Waals surface area contributed by atoms with Crippen molar-refractivity contribution in [3.8, 4) is 11.4 Å². The van der Waals surface area contributed by atoms with Crippen molar-refractivity contribution in [3.05, 3.63) is 76.0 Å². The third-order valence-electron chi connectivity index (χ3n) is 5.81. The topological polar surface area (TPSA) is 131 Å². The summed E-state index contributed by atoms with van der Waals surface area (Å²) in [6.07, 6.45) is 7.31. The number of aliphatic imine (C=N–C) groups is 2. The molecule has 34 heavy (non-hydrogen) atoms. The second kappa shape index (κ2) is 9.40. The number of hydrogen-bond acceptors (Lipinski definition) is 7. The number of rotatable bonds is 7. The van der Waals surface area contributed by atoms with E-state index < -0.39 is 0 Å². The van der Waals surface area contributed by atoms with Crippen LogP contribution in [0.1, 0.15) is 16.7 Å². The average Bonchev–Trinajstić information content (AvgIpc) is 3.53. The van der Waals surface area contributed by atoms with Crippen LogP contribution >= 0.6 is 0 Å². The summed E-state index contributed by atoms with van der Waals surface area (Å²) in [5.41, 5.74) is 5.19. The molecular weight excluding hydrogens is 430 g/mol. The molecule has 1 aromatic carbocycles.